The van der Waals surface area contributed by atoms with Gasteiger partial charge >= 0.3 is 0 Å². The molecule has 1 aliphatic carbocycles. The van der Waals surface area contributed by atoms with E-state index in [1.807, 2.05) is 0 Å². The van der Waals surface area contributed by atoms with Gasteiger partial charge < -0.3 is 28.4 Å². The Bertz CT molecular complexity index is 951. The topological polar surface area (TPSA) is 55.4 Å². The van der Waals surface area contributed by atoms with Crippen LogP contribution in [0.25, 0.3) is 0 Å². The molecule has 1 saturated carbocycles. The van der Waals surface area contributed by atoms with Gasteiger partial charge in [-0.15, -0.1) is 18.5 Å². The van der Waals surface area contributed by atoms with Gasteiger partial charge in [-0.25, -0.2) is 0 Å². The second-order valence-electron chi connectivity index (χ2n) is 16.8. The van der Waals surface area contributed by atoms with Crippen molar-refractivity contribution in [1.29, 1.82) is 0 Å². The lowest BCUT2D eigenvalue weighted by Gasteiger charge is -2.80. The monoisotopic (exact) mass is 596 g/mol. The van der Waals surface area contributed by atoms with E-state index in [0.717, 1.165) is 50.8 Å². The Morgan fingerprint density at radius 1 is 0.475 bits per heavy atom. The van der Waals surface area contributed by atoms with Gasteiger partial charge in [-0.05, 0) is 104 Å². The molecule has 12 unspecified atom stereocenters. The summed E-state index contributed by atoms with van der Waals surface area (Å²) in [6, 6.07) is 0. The van der Waals surface area contributed by atoms with E-state index >= 15 is 0 Å². The Morgan fingerprint density at radius 2 is 0.725 bits per heavy atom. The van der Waals surface area contributed by atoms with E-state index in [9.17, 15) is 0 Å². The van der Waals surface area contributed by atoms with Gasteiger partial charge in [0.05, 0.1) is 22.4 Å². The maximum absolute atomic E-state index is 7.15. The fourth-order valence-corrected chi connectivity index (χ4v) is 15.7. The van der Waals surface area contributed by atoms with Crippen molar-refractivity contribution in [2.24, 2.45) is 34.5 Å². The molecule has 8 heterocycles. The van der Waals surface area contributed by atoms with E-state index in [1.54, 1.807) is 0 Å². The summed E-state index contributed by atoms with van der Waals surface area (Å²) in [5, 5.41) is 0. The van der Waals surface area contributed by atoms with Crippen LogP contribution in [0.4, 0.5) is 0 Å². The zero-order valence-electron chi connectivity index (χ0n) is 26.6. The Labute approximate surface area is 246 Å². The SMILES string of the molecule is CC1C[C@@H](C2(CP)C3(C)CC4(C)OC(C)(CC2(C)O4)O3)[C@@H](C2(CP)C3(C)CC4(C)OC(C)(CC2(C)O4)O3)CC1C. The highest BCUT2D eigenvalue weighted by molar-refractivity contribution is 7.16. The fraction of sp³-hybridized carbons (Fsp3) is 1.00. The summed E-state index contributed by atoms with van der Waals surface area (Å²) in [6.45, 7) is 23.0. The van der Waals surface area contributed by atoms with Crippen LogP contribution < -0.4 is 0 Å². The van der Waals surface area contributed by atoms with E-state index in [1.165, 1.54) is 0 Å². The van der Waals surface area contributed by atoms with E-state index in [0.29, 0.717) is 23.7 Å². The molecule has 9 fully saturated rings. The lowest BCUT2D eigenvalue weighted by atomic mass is 9.38. The Kier molecular flexibility index (Phi) is 5.78. The lowest BCUT2D eigenvalue weighted by Crippen LogP contribution is -2.87. The predicted octanol–water partition coefficient (Wildman–Crippen LogP) is 6.65. The quantitative estimate of drug-likeness (QED) is 0.339. The predicted molar refractivity (Wildman–Crippen MR) is 161 cm³/mol. The van der Waals surface area contributed by atoms with Crippen LogP contribution in [-0.2, 0) is 28.4 Å². The first-order valence-electron chi connectivity index (χ1n) is 15.8. The number of hydrogen-bond donors (Lipinski definition) is 0. The molecule has 8 aliphatic heterocycles. The highest BCUT2D eigenvalue weighted by Crippen LogP contribution is 2.77. The minimum absolute atomic E-state index is 0.217. The second-order valence-corrected chi connectivity index (χ2v) is 17.6. The molecule has 8 heteroatoms. The van der Waals surface area contributed by atoms with Crippen LogP contribution in [0.15, 0.2) is 0 Å². The van der Waals surface area contributed by atoms with Crippen LogP contribution in [0.3, 0.4) is 0 Å². The van der Waals surface area contributed by atoms with Crippen LogP contribution in [0.5, 0.6) is 0 Å². The molecule has 228 valence electrons. The van der Waals surface area contributed by atoms with Crippen molar-refractivity contribution in [1.82, 2.24) is 0 Å². The Hall–Kier alpha value is 0.620. The summed E-state index contributed by atoms with van der Waals surface area (Å²) >= 11 is 0. The molecular weight excluding hydrogens is 542 g/mol. The van der Waals surface area contributed by atoms with Gasteiger partial charge in [0.15, 0.2) is 23.1 Å². The molecule has 0 aromatic rings. The third-order valence-corrected chi connectivity index (χ3v) is 14.9. The van der Waals surface area contributed by atoms with Crippen molar-refractivity contribution in [2.75, 3.05) is 12.3 Å². The molecule has 6 nitrogen and oxygen atoms in total. The average Bonchev–Trinajstić information content (AvgIpc) is 2.70. The van der Waals surface area contributed by atoms with Gasteiger partial charge in [0.2, 0.25) is 0 Å². The smallest absolute Gasteiger partial charge is 0.172 e. The zero-order valence-corrected chi connectivity index (χ0v) is 28.9. The number of hydrogen-bond acceptors (Lipinski definition) is 6. The molecule has 40 heavy (non-hydrogen) atoms. The van der Waals surface area contributed by atoms with Gasteiger partial charge in [-0.3, -0.25) is 0 Å². The van der Waals surface area contributed by atoms with Crippen molar-refractivity contribution >= 4 is 18.5 Å². The molecule has 9 rings (SSSR count). The molecule has 0 radical (unpaired) electrons. The Morgan fingerprint density at radius 3 is 0.950 bits per heavy atom. The van der Waals surface area contributed by atoms with Crippen LogP contribution >= 0.6 is 18.5 Å². The van der Waals surface area contributed by atoms with Gasteiger partial charge in [0.1, 0.15) is 0 Å². The van der Waals surface area contributed by atoms with E-state index in [2.05, 4.69) is 87.7 Å². The lowest BCUT2D eigenvalue weighted by molar-refractivity contribution is -0.561. The molecule has 8 saturated heterocycles. The van der Waals surface area contributed by atoms with Crippen LogP contribution in [0, 0.1) is 34.5 Å². The van der Waals surface area contributed by atoms with E-state index in [-0.39, 0.29) is 33.2 Å². The average molecular weight is 597 g/mol. The first kappa shape index (κ1) is 29.3. The molecule has 8 bridgehead atoms. The van der Waals surface area contributed by atoms with Crippen molar-refractivity contribution in [2.45, 2.75) is 153 Å². The molecule has 0 spiro atoms. The van der Waals surface area contributed by atoms with E-state index < -0.39 is 23.1 Å². The maximum atomic E-state index is 7.15. The van der Waals surface area contributed by atoms with Gasteiger partial charge in [0.25, 0.3) is 0 Å². The summed E-state index contributed by atoms with van der Waals surface area (Å²) in [5.41, 5.74) is -1.98. The molecular formula is C32H54O6P2. The van der Waals surface area contributed by atoms with Gasteiger partial charge in [-0.1, -0.05) is 13.8 Å². The normalized spacial score (nSPS) is 67.5. The van der Waals surface area contributed by atoms with Gasteiger partial charge in [-0.2, -0.15) is 0 Å². The second kappa shape index (κ2) is 7.88. The van der Waals surface area contributed by atoms with Gasteiger partial charge in [0, 0.05) is 36.5 Å². The van der Waals surface area contributed by atoms with Crippen molar-refractivity contribution in [3.63, 3.8) is 0 Å². The van der Waals surface area contributed by atoms with E-state index in [4.69, 9.17) is 28.4 Å². The Balaban J connectivity index is 1.44. The highest BCUT2D eigenvalue weighted by atomic mass is 31.0. The van der Waals surface area contributed by atoms with Crippen LogP contribution in [0.1, 0.15) is 108 Å². The summed E-state index contributed by atoms with van der Waals surface area (Å²) in [4.78, 5) is 0. The summed E-state index contributed by atoms with van der Waals surface area (Å²) in [5.74, 6) is -0.585. The van der Waals surface area contributed by atoms with Crippen LogP contribution in [0.2, 0.25) is 0 Å². The van der Waals surface area contributed by atoms with Crippen molar-refractivity contribution in [3.8, 4) is 0 Å². The summed E-state index contributed by atoms with van der Waals surface area (Å²) < 4.78 is 41.6. The zero-order chi connectivity index (χ0) is 29.2. The minimum atomic E-state index is -0.632. The first-order chi connectivity index (χ1) is 18.2. The minimum Gasteiger partial charge on any atom is -0.343 e. The third-order valence-electron chi connectivity index (χ3n) is 13.7. The summed E-state index contributed by atoms with van der Waals surface area (Å²) in [7, 11) is 6.36. The van der Waals surface area contributed by atoms with Crippen LogP contribution in [-0.4, -0.2) is 57.9 Å². The fourth-order valence-electron chi connectivity index (χ4n) is 13.3. The van der Waals surface area contributed by atoms with Crippen molar-refractivity contribution < 1.29 is 28.4 Å². The largest absolute Gasteiger partial charge is 0.343 e. The summed E-state index contributed by atoms with van der Waals surface area (Å²) in [6.07, 6.45) is 7.12. The van der Waals surface area contributed by atoms with Crippen molar-refractivity contribution in [3.05, 3.63) is 0 Å². The number of ether oxygens (including phenoxy) is 6. The molecule has 9 aliphatic rings. The highest BCUT2D eigenvalue weighted by Gasteiger charge is 2.83. The standard InChI is InChI=1S/C32H54O6P2/c1-19-11-21(31(17-39)23(3)13-27(7)34-24(31,4)14-28(8,33-23)37-27)22(12-20(19)2)32(18-40)25(5)15-29(9)36-26(32,6)16-30(10,35-25)38-29/h19-22H,11-18,39-40H2,1-10H3/t19?,20?,21-,22+,23?,24?,25?,26?,27?,28?,29?,30?,31?,32?. The number of rotatable bonds is 4. The first-order valence-corrected chi connectivity index (χ1v) is 17.5. The third kappa shape index (κ3) is 3.20. The molecule has 0 amide bonds. The molecule has 0 N–H and O–H groups in total. The maximum Gasteiger partial charge on any atom is 0.172 e. The molecule has 14 atom stereocenters. The molecule has 0 aromatic carbocycles. The molecule has 0 aromatic heterocycles.